The molecule has 3 atom stereocenters. The summed E-state index contributed by atoms with van der Waals surface area (Å²) in [5.74, 6) is 0.525. The van der Waals surface area contributed by atoms with Gasteiger partial charge >= 0.3 is 0 Å². The highest BCUT2D eigenvalue weighted by atomic mass is 16.6. The van der Waals surface area contributed by atoms with Crippen LogP contribution in [0.1, 0.15) is 40.0 Å². The zero-order valence-electron chi connectivity index (χ0n) is 8.13. The monoisotopic (exact) mass is 170 g/mol. The summed E-state index contributed by atoms with van der Waals surface area (Å²) in [6.45, 7) is 6.41. The highest BCUT2D eigenvalue weighted by Crippen LogP contribution is 2.53. The quantitative estimate of drug-likeness (QED) is 0.649. The lowest BCUT2D eigenvalue weighted by atomic mass is 9.76. The first-order chi connectivity index (χ1) is 5.49. The molecule has 2 aliphatic rings. The Morgan fingerprint density at radius 1 is 1.42 bits per heavy atom. The van der Waals surface area contributed by atoms with E-state index in [2.05, 4.69) is 13.8 Å². The molecule has 12 heavy (non-hydrogen) atoms. The number of ether oxygens (including phenoxy) is 1. The number of hydrogen-bond donors (Lipinski definition) is 1. The summed E-state index contributed by atoms with van der Waals surface area (Å²) in [6, 6.07) is 0. The average Bonchev–Trinajstić information content (AvgIpc) is 2.41. The molecule has 1 N–H and O–H groups in total. The molecule has 2 heterocycles. The van der Waals surface area contributed by atoms with Gasteiger partial charge in [-0.2, -0.15) is 0 Å². The van der Waals surface area contributed by atoms with Gasteiger partial charge in [-0.25, -0.2) is 0 Å². The van der Waals surface area contributed by atoms with Crippen molar-refractivity contribution < 1.29 is 9.84 Å². The molecule has 2 heteroatoms. The van der Waals surface area contributed by atoms with Crippen LogP contribution in [0.2, 0.25) is 0 Å². The fraction of sp³-hybridized carbons (Fsp3) is 1.00. The minimum Gasteiger partial charge on any atom is -0.390 e. The second-order valence-electron chi connectivity index (χ2n) is 4.85. The van der Waals surface area contributed by atoms with Crippen LogP contribution in [0.3, 0.4) is 0 Å². The van der Waals surface area contributed by atoms with Crippen molar-refractivity contribution >= 4 is 0 Å². The summed E-state index contributed by atoms with van der Waals surface area (Å²) in [6.07, 6.45) is 2.74. The molecule has 0 aromatic rings. The summed E-state index contributed by atoms with van der Waals surface area (Å²) in [4.78, 5) is 0. The molecule has 2 bridgehead atoms. The van der Waals surface area contributed by atoms with Crippen LogP contribution < -0.4 is 0 Å². The van der Waals surface area contributed by atoms with Crippen LogP contribution in [-0.4, -0.2) is 22.4 Å². The molecular weight excluding hydrogens is 152 g/mol. The number of aliphatic hydroxyl groups excluding tert-OH is 1. The van der Waals surface area contributed by atoms with Gasteiger partial charge in [0, 0.05) is 6.42 Å². The van der Waals surface area contributed by atoms with E-state index in [1.807, 2.05) is 6.92 Å². The number of rotatable bonds is 1. The summed E-state index contributed by atoms with van der Waals surface area (Å²) >= 11 is 0. The highest BCUT2D eigenvalue weighted by Gasteiger charge is 2.59. The molecule has 2 nitrogen and oxygen atoms in total. The Bertz CT molecular complexity index is 202. The van der Waals surface area contributed by atoms with Crippen LogP contribution in [-0.2, 0) is 4.74 Å². The average molecular weight is 170 g/mol. The largest absolute Gasteiger partial charge is 0.390 e. The molecule has 0 spiro atoms. The Morgan fingerprint density at radius 2 is 2.08 bits per heavy atom. The molecule has 0 unspecified atom stereocenters. The first-order valence-electron chi connectivity index (χ1n) is 4.87. The minimum absolute atomic E-state index is 0.00579. The maximum Gasteiger partial charge on any atom is 0.0922 e. The van der Waals surface area contributed by atoms with E-state index < -0.39 is 0 Å². The van der Waals surface area contributed by atoms with Gasteiger partial charge in [-0.15, -0.1) is 0 Å². The van der Waals surface area contributed by atoms with Crippen LogP contribution >= 0.6 is 0 Å². The maximum absolute atomic E-state index is 9.77. The van der Waals surface area contributed by atoms with Crippen LogP contribution in [0.25, 0.3) is 0 Å². The van der Waals surface area contributed by atoms with Gasteiger partial charge in [0.2, 0.25) is 0 Å². The van der Waals surface area contributed by atoms with Crippen LogP contribution in [0, 0.1) is 5.92 Å². The van der Waals surface area contributed by atoms with Crippen LogP contribution in [0.5, 0.6) is 0 Å². The third-order valence-electron chi connectivity index (χ3n) is 3.78. The van der Waals surface area contributed by atoms with E-state index in [-0.39, 0.29) is 17.3 Å². The van der Waals surface area contributed by atoms with Gasteiger partial charge in [0.05, 0.1) is 17.3 Å². The number of hydrogen-bond acceptors (Lipinski definition) is 2. The zero-order chi connectivity index (χ0) is 8.98. The molecule has 0 aromatic carbocycles. The molecule has 70 valence electrons. The zero-order valence-corrected chi connectivity index (χ0v) is 8.13. The molecule has 0 radical (unpaired) electrons. The van der Waals surface area contributed by atoms with Gasteiger partial charge in [-0.05, 0) is 25.7 Å². The van der Waals surface area contributed by atoms with Crippen LogP contribution in [0.4, 0.5) is 0 Å². The van der Waals surface area contributed by atoms with Crippen molar-refractivity contribution in [2.45, 2.75) is 57.3 Å². The highest BCUT2D eigenvalue weighted by molar-refractivity contribution is 5.09. The van der Waals surface area contributed by atoms with Gasteiger partial charge < -0.3 is 9.84 Å². The van der Waals surface area contributed by atoms with E-state index in [0.717, 1.165) is 19.3 Å². The van der Waals surface area contributed by atoms with Gasteiger partial charge in [-0.1, -0.05) is 13.8 Å². The minimum atomic E-state index is -0.242. The summed E-state index contributed by atoms with van der Waals surface area (Å²) in [5, 5.41) is 9.77. The smallest absolute Gasteiger partial charge is 0.0922 e. The van der Waals surface area contributed by atoms with E-state index in [4.69, 9.17) is 4.74 Å². The molecule has 0 aromatic heterocycles. The summed E-state index contributed by atoms with van der Waals surface area (Å²) in [7, 11) is 0. The predicted molar refractivity (Wildman–Crippen MR) is 46.9 cm³/mol. The van der Waals surface area contributed by atoms with E-state index in [9.17, 15) is 5.11 Å². The normalized spacial score (nSPS) is 52.2. The summed E-state index contributed by atoms with van der Waals surface area (Å²) in [5.41, 5.74) is -0.238. The Hall–Kier alpha value is -0.0800. The Balaban J connectivity index is 2.25. The fourth-order valence-electron chi connectivity index (χ4n) is 2.59. The Morgan fingerprint density at radius 3 is 2.33 bits per heavy atom. The van der Waals surface area contributed by atoms with Gasteiger partial charge in [-0.3, -0.25) is 0 Å². The Kier molecular flexibility index (Phi) is 1.59. The van der Waals surface area contributed by atoms with Gasteiger partial charge in [0.15, 0.2) is 0 Å². The van der Waals surface area contributed by atoms with Crippen molar-refractivity contribution in [3.63, 3.8) is 0 Å². The summed E-state index contributed by atoms with van der Waals surface area (Å²) < 4.78 is 5.97. The predicted octanol–water partition coefficient (Wildman–Crippen LogP) is 1.71. The Labute approximate surface area is 73.9 Å². The van der Waals surface area contributed by atoms with E-state index in [1.165, 1.54) is 0 Å². The SMILES string of the molecule is CC(C)[C@]12CC[C@@](C)(O1)[C@H](O)C2. The number of aliphatic hydroxyl groups is 1. The number of fused-ring (bicyclic) bond motifs is 2. The van der Waals surface area contributed by atoms with Crippen molar-refractivity contribution in [1.82, 2.24) is 0 Å². The third-order valence-corrected chi connectivity index (χ3v) is 3.78. The molecular formula is C10H18O2. The second kappa shape index (κ2) is 2.24. The van der Waals surface area contributed by atoms with Gasteiger partial charge in [0.25, 0.3) is 0 Å². The van der Waals surface area contributed by atoms with Crippen molar-refractivity contribution in [3.05, 3.63) is 0 Å². The molecule has 2 saturated heterocycles. The van der Waals surface area contributed by atoms with E-state index >= 15 is 0 Å². The molecule has 0 saturated carbocycles. The molecule has 2 aliphatic heterocycles. The lowest BCUT2D eigenvalue weighted by molar-refractivity contribution is -0.0801. The fourth-order valence-corrected chi connectivity index (χ4v) is 2.59. The first kappa shape index (κ1) is 8.52. The third kappa shape index (κ3) is 0.882. The molecule has 2 fully saturated rings. The standard InChI is InChI=1S/C10H18O2/c1-7(2)10-5-4-9(3,12-10)8(11)6-10/h7-8,11H,4-6H2,1-3H3/t8-,9-,10-/m1/s1. The van der Waals surface area contributed by atoms with Crippen LogP contribution in [0.15, 0.2) is 0 Å². The second-order valence-corrected chi connectivity index (χ2v) is 4.85. The van der Waals surface area contributed by atoms with Crippen molar-refractivity contribution in [1.29, 1.82) is 0 Å². The lowest BCUT2D eigenvalue weighted by Gasteiger charge is -2.29. The van der Waals surface area contributed by atoms with Crippen molar-refractivity contribution in [3.8, 4) is 0 Å². The molecule has 0 amide bonds. The molecule has 0 aliphatic carbocycles. The van der Waals surface area contributed by atoms with Crippen molar-refractivity contribution in [2.75, 3.05) is 0 Å². The first-order valence-corrected chi connectivity index (χ1v) is 4.87. The van der Waals surface area contributed by atoms with Crippen molar-refractivity contribution in [2.24, 2.45) is 5.92 Å². The topological polar surface area (TPSA) is 29.5 Å². The van der Waals surface area contributed by atoms with E-state index in [1.54, 1.807) is 0 Å². The lowest BCUT2D eigenvalue weighted by Crippen LogP contribution is -2.36. The maximum atomic E-state index is 9.77. The molecule has 2 rings (SSSR count). The van der Waals surface area contributed by atoms with Gasteiger partial charge in [0.1, 0.15) is 0 Å². The van der Waals surface area contributed by atoms with E-state index in [0.29, 0.717) is 5.92 Å².